The van der Waals surface area contributed by atoms with E-state index in [2.05, 4.69) is 5.32 Å². The molecule has 2 atom stereocenters. The molecule has 0 aromatic carbocycles. The predicted molar refractivity (Wildman–Crippen MR) is 59.9 cm³/mol. The number of nitrogens with one attached hydrogen (secondary N) is 1. The molecule has 0 saturated carbocycles. The summed E-state index contributed by atoms with van der Waals surface area (Å²) >= 11 is 0. The first kappa shape index (κ1) is 14.9. The highest BCUT2D eigenvalue weighted by Gasteiger charge is 2.18. The van der Waals surface area contributed by atoms with E-state index in [1.165, 1.54) is 0 Å². The number of carbonyl (C=O) groups is 2. The van der Waals surface area contributed by atoms with Gasteiger partial charge in [-0.1, -0.05) is 6.92 Å². The summed E-state index contributed by atoms with van der Waals surface area (Å²) in [6.07, 6.45) is 0. The first-order chi connectivity index (χ1) is 7.52. The van der Waals surface area contributed by atoms with E-state index in [9.17, 15) is 9.59 Å². The number of rotatable bonds is 7. The van der Waals surface area contributed by atoms with Gasteiger partial charge in [-0.15, -0.1) is 0 Å². The Morgan fingerprint density at radius 2 is 1.56 bits per heavy atom. The van der Waals surface area contributed by atoms with Gasteiger partial charge in [-0.3, -0.25) is 9.59 Å². The topological polar surface area (TPSA) is 64.6 Å². The monoisotopic (exact) mass is 231 g/mol. The Labute approximate surface area is 96.5 Å². The van der Waals surface area contributed by atoms with E-state index in [0.717, 1.165) is 0 Å². The minimum atomic E-state index is -0.406. The smallest absolute Gasteiger partial charge is 0.322 e. The molecule has 0 spiro atoms. The molecule has 0 saturated heterocycles. The Balaban J connectivity index is 3.86. The van der Waals surface area contributed by atoms with Gasteiger partial charge in [0.2, 0.25) is 0 Å². The SMILES string of the molecule is CCOC(=O)C(C)CNC(C)C(=O)OCC. The van der Waals surface area contributed by atoms with Crippen LogP contribution in [0.1, 0.15) is 27.7 Å². The third kappa shape index (κ3) is 5.70. The minimum absolute atomic E-state index is 0.258. The molecular formula is C11H21NO4. The third-order valence-corrected chi connectivity index (χ3v) is 2.06. The average molecular weight is 231 g/mol. The summed E-state index contributed by atoms with van der Waals surface area (Å²) in [5.41, 5.74) is 0. The standard InChI is InChI=1S/C11H21NO4/c1-5-15-10(13)8(3)7-12-9(4)11(14)16-6-2/h8-9,12H,5-7H2,1-4H3. The fourth-order valence-electron chi connectivity index (χ4n) is 1.07. The van der Waals surface area contributed by atoms with Crippen LogP contribution in [0.5, 0.6) is 0 Å². The van der Waals surface area contributed by atoms with Crippen LogP contribution < -0.4 is 5.32 Å². The van der Waals surface area contributed by atoms with Crippen LogP contribution in [0.4, 0.5) is 0 Å². The Bertz CT molecular complexity index is 206. The number of hydrogen-bond acceptors (Lipinski definition) is 5. The Hall–Kier alpha value is -1.10. The van der Waals surface area contributed by atoms with Crippen molar-refractivity contribution >= 4 is 11.9 Å². The molecule has 0 amide bonds. The zero-order chi connectivity index (χ0) is 12.6. The van der Waals surface area contributed by atoms with Gasteiger partial charge < -0.3 is 14.8 Å². The summed E-state index contributed by atoms with van der Waals surface area (Å²) in [5.74, 6) is -0.832. The highest BCUT2D eigenvalue weighted by molar-refractivity contribution is 5.75. The maximum Gasteiger partial charge on any atom is 0.322 e. The lowest BCUT2D eigenvalue weighted by atomic mass is 10.2. The summed E-state index contributed by atoms with van der Waals surface area (Å²) in [5, 5.41) is 2.93. The highest BCUT2D eigenvalue weighted by atomic mass is 16.5. The number of ether oxygens (including phenoxy) is 2. The molecule has 0 aromatic heterocycles. The van der Waals surface area contributed by atoms with E-state index in [4.69, 9.17) is 9.47 Å². The van der Waals surface area contributed by atoms with Crippen molar-refractivity contribution in [2.24, 2.45) is 5.92 Å². The molecule has 0 rings (SSSR count). The molecule has 0 heterocycles. The van der Waals surface area contributed by atoms with Gasteiger partial charge in [0, 0.05) is 6.54 Å². The molecule has 5 nitrogen and oxygen atoms in total. The molecule has 0 bridgehead atoms. The molecule has 0 aliphatic rings. The molecule has 0 aliphatic heterocycles. The average Bonchev–Trinajstić information content (AvgIpc) is 2.25. The summed E-state index contributed by atoms with van der Waals surface area (Å²) in [6.45, 7) is 8.11. The zero-order valence-electron chi connectivity index (χ0n) is 10.4. The van der Waals surface area contributed by atoms with Gasteiger partial charge in [-0.25, -0.2) is 0 Å². The van der Waals surface area contributed by atoms with Crippen molar-refractivity contribution in [1.82, 2.24) is 5.32 Å². The van der Waals surface area contributed by atoms with Crippen molar-refractivity contribution in [2.75, 3.05) is 19.8 Å². The number of hydrogen-bond donors (Lipinski definition) is 1. The van der Waals surface area contributed by atoms with Crippen LogP contribution in [0.3, 0.4) is 0 Å². The van der Waals surface area contributed by atoms with Crippen LogP contribution in [0.15, 0.2) is 0 Å². The number of esters is 2. The van der Waals surface area contributed by atoms with Gasteiger partial charge in [0.15, 0.2) is 0 Å². The molecule has 16 heavy (non-hydrogen) atoms. The molecule has 0 aromatic rings. The second-order valence-corrected chi connectivity index (χ2v) is 3.54. The number of carbonyl (C=O) groups excluding carboxylic acids is 2. The maximum absolute atomic E-state index is 11.3. The van der Waals surface area contributed by atoms with Crippen molar-refractivity contribution in [3.05, 3.63) is 0 Å². The first-order valence-electron chi connectivity index (χ1n) is 5.59. The molecule has 2 unspecified atom stereocenters. The molecule has 1 N–H and O–H groups in total. The van der Waals surface area contributed by atoms with Gasteiger partial charge in [-0.05, 0) is 20.8 Å². The Morgan fingerprint density at radius 1 is 1.06 bits per heavy atom. The summed E-state index contributed by atoms with van der Waals surface area (Å²) in [6, 6.07) is -0.406. The van der Waals surface area contributed by atoms with Crippen LogP contribution in [0.2, 0.25) is 0 Å². The summed E-state index contributed by atoms with van der Waals surface area (Å²) in [7, 11) is 0. The van der Waals surface area contributed by atoms with Crippen molar-refractivity contribution in [3.8, 4) is 0 Å². The van der Waals surface area contributed by atoms with Crippen molar-refractivity contribution in [2.45, 2.75) is 33.7 Å². The Morgan fingerprint density at radius 3 is 2.06 bits per heavy atom. The van der Waals surface area contributed by atoms with E-state index < -0.39 is 6.04 Å². The van der Waals surface area contributed by atoms with Crippen molar-refractivity contribution in [3.63, 3.8) is 0 Å². The zero-order valence-corrected chi connectivity index (χ0v) is 10.4. The van der Waals surface area contributed by atoms with Crippen molar-refractivity contribution in [1.29, 1.82) is 0 Å². The van der Waals surface area contributed by atoms with E-state index in [1.807, 2.05) is 0 Å². The maximum atomic E-state index is 11.3. The van der Waals surface area contributed by atoms with Gasteiger partial charge in [-0.2, -0.15) is 0 Å². The predicted octanol–water partition coefficient (Wildman–Crippen LogP) is 0.727. The van der Waals surface area contributed by atoms with Gasteiger partial charge >= 0.3 is 11.9 Å². The van der Waals surface area contributed by atoms with E-state index in [1.54, 1.807) is 27.7 Å². The van der Waals surface area contributed by atoms with E-state index >= 15 is 0 Å². The fourth-order valence-corrected chi connectivity index (χ4v) is 1.07. The lowest BCUT2D eigenvalue weighted by Gasteiger charge is -2.15. The Kier molecular flexibility index (Phi) is 7.54. The van der Waals surface area contributed by atoms with Crippen LogP contribution in [-0.2, 0) is 19.1 Å². The minimum Gasteiger partial charge on any atom is -0.466 e. The molecular weight excluding hydrogens is 210 g/mol. The van der Waals surface area contributed by atoms with Crippen LogP contribution in [0, 0.1) is 5.92 Å². The van der Waals surface area contributed by atoms with Crippen molar-refractivity contribution < 1.29 is 19.1 Å². The van der Waals surface area contributed by atoms with Gasteiger partial charge in [0.25, 0.3) is 0 Å². The van der Waals surface area contributed by atoms with E-state index in [-0.39, 0.29) is 17.9 Å². The molecule has 0 aliphatic carbocycles. The lowest BCUT2D eigenvalue weighted by molar-refractivity contribution is -0.149. The third-order valence-electron chi connectivity index (χ3n) is 2.06. The van der Waals surface area contributed by atoms with Crippen LogP contribution in [0.25, 0.3) is 0 Å². The highest BCUT2D eigenvalue weighted by Crippen LogP contribution is 1.98. The van der Waals surface area contributed by atoms with Crippen LogP contribution >= 0.6 is 0 Å². The van der Waals surface area contributed by atoms with Gasteiger partial charge in [0.1, 0.15) is 6.04 Å². The van der Waals surface area contributed by atoms with E-state index in [0.29, 0.717) is 19.8 Å². The summed E-state index contributed by atoms with van der Waals surface area (Å²) < 4.78 is 9.68. The molecule has 0 fully saturated rings. The fraction of sp³-hybridized carbons (Fsp3) is 0.818. The second-order valence-electron chi connectivity index (χ2n) is 3.54. The summed E-state index contributed by atoms with van der Waals surface area (Å²) in [4.78, 5) is 22.5. The first-order valence-corrected chi connectivity index (χ1v) is 5.59. The lowest BCUT2D eigenvalue weighted by Crippen LogP contribution is -2.39. The van der Waals surface area contributed by atoms with Gasteiger partial charge in [0.05, 0.1) is 19.1 Å². The largest absolute Gasteiger partial charge is 0.466 e. The van der Waals surface area contributed by atoms with Crippen LogP contribution in [-0.4, -0.2) is 37.7 Å². The molecule has 0 radical (unpaired) electrons. The normalized spacial score (nSPS) is 14.0. The molecule has 94 valence electrons. The quantitative estimate of drug-likeness (QED) is 0.654. The second kappa shape index (κ2) is 8.10. The molecule has 5 heteroatoms.